The molecule has 0 aliphatic carbocycles. The Bertz CT molecular complexity index is 704. The Labute approximate surface area is 131 Å². The number of carbonyl (C=O) groups excluding carboxylic acids is 2. The first-order valence-corrected chi connectivity index (χ1v) is 8.07. The number of aromatic nitrogens is 2. The van der Waals surface area contributed by atoms with Crippen molar-refractivity contribution in [3.05, 3.63) is 41.1 Å². The molecule has 4 heterocycles. The predicted molar refractivity (Wildman–Crippen MR) is 81.6 cm³/mol. The van der Waals surface area contributed by atoms with E-state index in [2.05, 4.69) is 9.97 Å². The summed E-state index contributed by atoms with van der Waals surface area (Å²) in [6, 6.07) is 1.96. The minimum atomic E-state index is -0.141. The van der Waals surface area contributed by atoms with Crippen molar-refractivity contribution < 1.29 is 9.59 Å². The van der Waals surface area contributed by atoms with E-state index >= 15 is 0 Å². The van der Waals surface area contributed by atoms with Crippen LogP contribution in [0.3, 0.4) is 0 Å². The van der Waals surface area contributed by atoms with E-state index in [0.29, 0.717) is 25.3 Å². The van der Waals surface area contributed by atoms with Crippen LogP contribution in [-0.2, 0) is 4.79 Å². The molecule has 0 spiro atoms. The van der Waals surface area contributed by atoms with Gasteiger partial charge in [0.1, 0.15) is 5.69 Å². The van der Waals surface area contributed by atoms with Crippen molar-refractivity contribution in [1.29, 1.82) is 0 Å². The first-order chi connectivity index (χ1) is 10.7. The lowest BCUT2D eigenvalue weighted by Gasteiger charge is -2.20. The Balaban J connectivity index is 1.49. The van der Waals surface area contributed by atoms with E-state index in [0.717, 1.165) is 5.69 Å². The van der Waals surface area contributed by atoms with Crippen LogP contribution >= 0.6 is 11.3 Å². The molecule has 22 heavy (non-hydrogen) atoms. The average molecular weight is 314 g/mol. The number of fused-ring (bicyclic) bond motifs is 1. The molecule has 4 rings (SSSR count). The van der Waals surface area contributed by atoms with Crippen molar-refractivity contribution in [2.45, 2.75) is 0 Å². The average Bonchev–Trinajstić information content (AvgIpc) is 3.25. The van der Waals surface area contributed by atoms with E-state index in [1.807, 2.05) is 21.7 Å². The predicted octanol–water partition coefficient (Wildman–Crippen LogP) is 1.27. The van der Waals surface area contributed by atoms with Crippen molar-refractivity contribution >= 4 is 28.8 Å². The van der Waals surface area contributed by atoms with Crippen LogP contribution in [0.1, 0.15) is 10.5 Å². The second kappa shape index (κ2) is 5.17. The maximum absolute atomic E-state index is 12.6. The lowest BCUT2D eigenvalue weighted by Crippen LogP contribution is -2.35. The molecule has 2 saturated heterocycles. The van der Waals surface area contributed by atoms with Gasteiger partial charge in [-0.2, -0.15) is 11.3 Å². The molecule has 2 aliphatic heterocycles. The van der Waals surface area contributed by atoms with Crippen molar-refractivity contribution in [3.8, 4) is 0 Å². The Morgan fingerprint density at radius 3 is 2.86 bits per heavy atom. The molecule has 6 nitrogen and oxygen atoms in total. The summed E-state index contributed by atoms with van der Waals surface area (Å²) < 4.78 is 0. The number of hydrogen-bond acceptors (Lipinski definition) is 5. The summed E-state index contributed by atoms with van der Waals surface area (Å²) >= 11 is 1.59. The molecule has 7 heteroatoms. The van der Waals surface area contributed by atoms with Crippen LogP contribution in [0.15, 0.2) is 35.4 Å². The smallest absolute Gasteiger partial charge is 0.274 e. The summed E-state index contributed by atoms with van der Waals surface area (Å²) in [5.74, 6) is 0.0868. The van der Waals surface area contributed by atoms with E-state index in [9.17, 15) is 9.59 Å². The summed E-state index contributed by atoms with van der Waals surface area (Å²) in [6.45, 7) is 1.76. The zero-order valence-corrected chi connectivity index (χ0v) is 12.6. The van der Waals surface area contributed by atoms with Crippen LogP contribution in [0.2, 0.25) is 0 Å². The summed E-state index contributed by atoms with van der Waals surface area (Å²) in [7, 11) is 0. The quantitative estimate of drug-likeness (QED) is 0.837. The van der Waals surface area contributed by atoms with Gasteiger partial charge in [0.25, 0.3) is 5.91 Å². The molecular formula is C15H14N4O2S. The summed E-state index contributed by atoms with van der Waals surface area (Å²) in [6.07, 6.45) is 4.52. The van der Waals surface area contributed by atoms with Crippen LogP contribution in [0.25, 0.3) is 0 Å². The normalized spacial score (nSPS) is 23.9. The maximum Gasteiger partial charge on any atom is 0.274 e. The van der Waals surface area contributed by atoms with E-state index in [1.54, 1.807) is 16.2 Å². The fraction of sp³-hybridized carbons (Fsp3) is 0.333. The van der Waals surface area contributed by atoms with E-state index in [1.165, 1.54) is 18.6 Å². The molecule has 2 fully saturated rings. The molecule has 2 aromatic rings. The third kappa shape index (κ3) is 2.09. The van der Waals surface area contributed by atoms with Gasteiger partial charge in [0.15, 0.2) is 0 Å². The monoisotopic (exact) mass is 314 g/mol. The van der Waals surface area contributed by atoms with Gasteiger partial charge in [0, 0.05) is 43.3 Å². The van der Waals surface area contributed by atoms with Crippen LogP contribution < -0.4 is 4.90 Å². The van der Waals surface area contributed by atoms with Gasteiger partial charge in [-0.15, -0.1) is 0 Å². The van der Waals surface area contributed by atoms with Crippen molar-refractivity contribution in [2.75, 3.05) is 24.5 Å². The Morgan fingerprint density at radius 1 is 1.27 bits per heavy atom. The van der Waals surface area contributed by atoms with E-state index < -0.39 is 0 Å². The molecule has 0 radical (unpaired) electrons. The summed E-state index contributed by atoms with van der Waals surface area (Å²) in [4.78, 5) is 36.5. The lowest BCUT2D eigenvalue weighted by molar-refractivity contribution is -0.120. The first-order valence-electron chi connectivity index (χ1n) is 7.13. The molecule has 112 valence electrons. The number of likely N-dealkylation sites (tertiary alicyclic amines) is 1. The van der Waals surface area contributed by atoms with E-state index in [4.69, 9.17) is 0 Å². The largest absolute Gasteiger partial charge is 0.336 e. The van der Waals surface area contributed by atoms with Crippen molar-refractivity contribution in [1.82, 2.24) is 14.9 Å². The maximum atomic E-state index is 12.6. The van der Waals surface area contributed by atoms with Crippen molar-refractivity contribution in [3.63, 3.8) is 0 Å². The third-order valence-corrected chi connectivity index (χ3v) is 5.00. The molecule has 0 bridgehead atoms. The zero-order valence-electron chi connectivity index (χ0n) is 11.8. The molecule has 0 unspecified atom stereocenters. The molecule has 2 atom stereocenters. The molecule has 2 amide bonds. The molecule has 0 saturated carbocycles. The molecule has 2 aromatic heterocycles. The highest BCUT2D eigenvalue weighted by molar-refractivity contribution is 7.08. The van der Waals surface area contributed by atoms with Gasteiger partial charge in [-0.25, -0.2) is 4.98 Å². The minimum Gasteiger partial charge on any atom is -0.336 e. The molecule has 0 N–H and O–H groups in total. The van der Waals surface area contributed by atoms with Gasteiger partial charge in [-0.05, 0) is 11.4 Å². The Morgan fingerprint density at radius 2 is 2.18 bits per heavy atom. The van der Waals surface area contributed by atoms with Crippen LogP contribution in [0, 0.1) is 11.8 Å². The summed E-state index contributed by atoms with van der Waals surface area (Å²) in [5, 5.41) is 3.96. The second-order valence-corrected chi connectivity index (χ2v) is 6.38. The van der Waals surface area contributed by atoms with Gasteiger partial charge in [-0.3, -0.25) is 14.6 Å². The number of anilines is 1. The number of thiophene rings is 1. The van der Waals surface area contributed by atoms with Gasteiger partial charge >= 0.3 is 0 Å². The fourth-order valence-corrected chi connectivity index (χ4v) is 3.88. The molecular weight excluding hydrogens is 300 g/mol. The highest BCUT2D eigenvalue weighted by atomic mass is 32.1. The Hall–Kier alpha value is -2.28. The zero-order chi connectivity index (χ0) is 15.1. The van der Waals surface area contributed by atoms with Gasteiger partial charge in [0.05, 0.1) is 17.8 Å². The standard InChI is InChI=1S/C15H14N4O2S/c20-14-12-8-18(15(21)13-5-16-2-3-17-13)6-10(12)7-19(14)11-1-4-22-9-11/h1-5,9-10,12H,6-8H2/t10-,12-/m1/s1. The summed E-state index contributed by atoms with van der Waals surface area (Å²) in [5.41, 5.74) is 1.31. The minimum absolute atomic E-state index is 0.0967. The van der Waals surface area contributed by atoms with E-state index in [-0.39, 0.29) is 23.7 Å². The van der Waals surface area contributed by atoms with Crippen LogP contribution in [0.5, 0.6) is 0 Å². The van der Waals surface area contributed by atoms with Gasteiger partial charge < -0.3 is 9.80 Å². The van der Waals surface area contributed by atoms with Crippen LogP contribution in [-0.4, -0.2) is 46.3 Å². The Kier molecular flexibility index (Phi) is 3.15. The number of nitrogens with zero attached hydrogens (tertiary/aromatic N) is 4. The SMILES string of the molecule is O=C(c1cnccn1)N1C[C@@H]2CN(c3ccsc3)C(=O)[C@@H]2C1. The highest BCUT2D eigenvalue weighted by Gasteiger charge is 2.48. The molecule has 2 aliphatic rings. The lowest BCUT2D eigenvalue weighted by atomic mass is 10.0. The highest BCUT2D eigenvalue weighted by Crippen LogP contribution is 2.36. The number of hydrogen-bond donors (Lipinski definition) is 0. The van der Waals surface area contributed by atoms with Crippen LogP contribution in [0.4, 0.5) is 5.69 Å². The second-order valence-electron chi connectivity index (χ2n) is 5.60. The van der Waals surface area contributed by atoms with Crippen molar-refractivity contribution in [2.24, 2.45) is 11.8 Å². The van der Waals surface area contributed by atoms with Gasteiger partial charge in [0.2, 0.25) is 5.91 Å². The first kappa shape index (κ1) is 13.4. The number of amides is 2. The number of carbonyl (C=O) groups is 2. The van der Waals surface area contributed by atoms with Gasteiger partial charge in [-0.1, -0.05) is 0 Å². The molecule has 0 aromatic carbocycles. The third-order valence-electron chi connectivity index (χ3n) is 4.33. The topological polar surface area (TPSA) is 66.4 Å². The number of rotatable bonds is 2. The fourth-order valence-electron chi connectivity index (χ4n) is 3.24.